The molecule has 11 heavy (non-hydrogen) atoms. The molecule has 0 aliphatic heterocycles. The van der Waals surface area contributed by atoms with Crippen LogP contribution >= 0.6 is 0 Å². The molecule has 65 valence electrons. The van der Waals surface area contributed by atoms with Gasteiger partial charge in [0.15, 0.2) is 0 Å². The zero-order chi connectivity index (χ0) is 6.95. The van der Waals surface area contributed by atoms with Crippen molar-refractivity contribution in [2.45, 2.75) is 39.0 Å². The summed E-state index contributed by atoms with van der Waals surface area (Å²) in [5.41, 5.74) is 0. The molecule has 0 bridgehead atoms. The standard InChI is InChI=1S/C8H15.Ce.2ClH/c1-3-5-7-8-6-4-2;;;/h1,3H,4-8H2,2H3;;2*1H/q;+2;;/p-2. The minimum Gasteiger partial charge on any atom is -1.00 e. The van der Waals surface area contributed by atoms with Crippen molar-refractivity contribution < 1.29 is 64.5 Å². The molecule has 0 aromatic rings. The van der Waals surface area contributed by atoms with E-state index in [-0.39, 0.29) is 24.8 Å². The van der Waals surface area contributed by atoms with Gasteiger partial charge in [-0.2, -0.15) is 0 Å². The molecule has 0 aliphatic carbocycles. The van der Waals surface area contributed by atoms with Crippen molar-refractivity contribution in [3.05, 3.63) is 7.67 Å². The van der Waals surface area contributed by atoms with Gasteiger partial charge in [-0.25, -0.2) is 0 Å². The second kappa shape index (κ2) is 17.7. The Bertz CT molecular complexity index is 74.5. The molecular weight excluding hydrogens is 307 g/mol. The fourth-order valence-corrected chi connectivity index (χ4v) is 1.30. The summed E-state index contributed by atoms with van der Waals surface area (Å²) in [6, 6.07) is 0. The number of unbranched alkanes of at least 4 members (excludes halogenated alkanes) is 4. The van der Waals surface area contributed by atoms with E-state index in [1.165, 1.54) is 71.8 Å². The Kier molecular flexibility index (Phi) is 29.7. The Morgan fingerprint density at radius 3 is 2.18 bits per heavy atom. The van der Waals surface area contributed by atoms with Crippen molar-refractivity contribution >= 4 is 0 Å². The topological polar surface area (TPSA) is 0 Å². The van der Waals surface area contributed by atoms with E-state index < -0.39 is 0 Å². The molecule has 0 unspecified atom stereocenters. The summed E-state index contributed by atoms with van der Waals surface area (Å²) in [7, 11) is 0. The summed E-state index contributed by atoms with van der Waals surface area (Å²) in [5, 5.41) is 0. The summed E-state index contributed by atoms with van der Waals surface area (Å²) >= 11 is 1.23. The number of allylic oxidation sites excluding steroid dienone is 1. The first-order valence-corrected chi connectivity index (χ1v) is 5.55. The molecule has 0 saturated heterocycles. The van der Waals surface area contributed by atoms with Gasteiger partial charge in [-0.05, 0) is 0 Å². The van der Waals surface area contributed by atoms with E-state index in [1.54, 1.807) is 0 Å². The summed E-state index contributed by atoms with van der Waals surface area (Å²) in [6.07, 6.45) is 9.19. The molecule has 0 saturated carbocycles. The van der Waals surface area contributed by atoms with Gasteiger partial charge in [0, 0.05) is 0 Å². The minimum absolute atomic E-state index is 0. The average molecular weight is 322 g/mol. The van der Waals surface area contributed by atoms with Crippen LogP contribution < -0.4 is 24.8 Å². The fraction of sp³-hybridized carbons (Fsp3) is 0.750. The van der Waals surface area contributed by atoms with Crippen LogP contribution in [0.1, 0.15) is 39.0 Å². The van der Waals surface area contributed by atoms with E-state index in [4.69, 9.17) is 0 Å². The van der Waals surface area contributed by atoms with E-state index in [1.807, 2.05) is 0 Å². The van der Waals surface area contributed by atoms with E-state index >= 15 is 0 Å². The van der Waals surface area contributed by atoms with Crippen molar-refractivity contribution in [2.24, 2.45) is 0 Å². The van der Waals surface area contributed by atoms with Gasteiger partial charge in [0.05, 0.1) is 0 Å². The molecule has 0 aromatic carbocycles. The second-order valence-electron chi connectivity index (χ2n) is 2.25. The normalized spacial score (nSPS) is 9.00. The maximum Gasteiger partial charge on any atom is -1.00 e. The summed E-state index contributed by atoms with van der Waals surface area (Å²) < 4.78 is 2.27. The molecule has 0 atom stereocenters. The van der Waals surface area contributed by atoms with Crippen LogP contribution in [0.3, 0.4) is 0 Å². The first-order chi connectivity index (χ1) is 4.41. The minimum atomic E-state index is 0. The quantitative estimate of drug-likeness (QED) is 0.474. The maximum absolute atomic E-state index is 2.31. The molecule has 3 heteroatoms. The third-order valence-electron chi connectivity index (χ3n) is 1.34. The molecule has 0 aliphatic rings. The predicted octanol–water partition coefficient (Wildman–Crippen LogP) is -2.97. The van der Waals surface area contributed by atoms with Crippen molar-refractivity contribution in [1.29, 1.82) is 0 Å². The van der Waals surface area contributed by atoms with Gasteiger partial charge in [0.1, 0.15) is 0 Å². The van der Waals surface area contributed by atoms with Crippen LogP contribution in [0.15, 0.2) is 7.67 Å². The summed E-state index contributed by atoms with van der Waals surface area (Å²) in [4.78, 5) is 0. The fourth-order valence-electron chi connectivity index (χ4n) is 0.772. The van der Waals surface area contributed by atoms with Gasteiger partial charge in [-0.3, -0.25) is 0 Å². The molecular formula is C8H15CeCl2. The number of hydrogen-bond donors (Lipinski definition) is 0. The van der Waals surface area contributed by atoms with E-state index in [9.17, 15) is 0 Å². The monoisotopic (exact) mass is 321 g/mol. The molecule has 0 heterocycles. The Balaban J connectivity index is -0.000000320. The van der Waals surface area contributed by atoms with E-state index in [2.05, 4.69) is 14.6 Å². The Morgan fingerprint density at radius 2 is 1.73 bits per heavy atom. The maximum atomic E-state index is 2.31. The summed E-state index contributed by atoms with van der Waals surface area (Å²) in [5.74, 6) is 0. The number of rotatable bonds is 5. The second-order valence-corrected chi connectivity index (χ2v) is 3.30. The van der Waals surface area contributed by atoms with Gasteiger partial charge in [-0.1, -0.05) is 0 Å². The van der Waals surface area contributed by atoms with E-state index in [0.29, 0.717) is 0 Å². The van der Waals surface area contributed by atoms with Crippen LogP contribution in [0, 0.1) is 39.6 Å². The molecule has 0 radical (unpaired) electrons. The van der Waals surface area contributed by atoms with Gasteiger partial charge in [0.25, 0.3) is 0 Å². The average Bonchev–Trinajstić information content (AvgIpc) is 1.89. The first kappa shape index (κ1) is 18.5. The van der Waals surface area contributed by atoms with Crippen molar-refractivity contribution in [3.8, 4) is 0 Å². The van der Waals surface area contributed by atoms with Crippen LogP contribution in [0.25, 0.3) is 0 Å². The zero-order valence-electron chi connectivity index (χ0n) is 6.95. The third kappa shape index (κ3) is 18.6. The van der Waals surface area contributed by atoms with Crippen LogP contribution in [0.5, 0.6) is 0 Å². The molecule has 0 spiro atoms. The first-order valence-electron chi connectivity index (χ1n) is 3.74. The van der Waals surface area contributed by atoms with Crippen molar-refractivity contribution in [1.82, 2.24) is 0 Å². The Hall–Kier alpha value is 1.70. The van der Waals surface area contributed by atoms with Crippen LogP contribution in [0.2, 0.25) is 0 Å². The molecule has 0 aromatic heterocycles. The van der Waals surface area contributed by atoms with Crippen molar-refractivity contribution in [3.63, 3.8) is 0 Å². The largest absolute Gasteiger partial charge is 1.00 e. The molecule has 0 rings (SSSR count). The Morgan fingerprint density at radius 1 is 1.09 bits per heavy atom. The van der Waals surface area contributed by atoms with Crippen LogP contribution in [0.4, 0.5) is 0 Å². The van der Waals surface area contributed by atoms with Crippen molar-refractivity contribution in [2.75, 3.05) is 0 Å². The third-order valence-corrected chi connectivity index (χ3v) is 2.08. The summed E-state index contributed by atoms with van der Waals surface area (Å²) in [6.45, 7) is 2.25. The van der Waals surface area contributed by atoms with Gasteiger partial charge >= 0.3 is 86.3 Å². The number of halogens is 2. The van der Waals surface area contributed by atoms with Crippen LogP contribution in [-0.4, -0.2) is 0 Å². The SMILES string of the molecule is CCCCCCC=[CH][Ce+2].[Cl-].[Cl-]. The Labute approximate surface area is 110 Å². The molecule has 0 amide bonds. The zero-order valence-corrected chi connectivity index (χ0v) is 11.6. The molecule has 0 N–H and O–H groups in total. The van der Waals surface area contributed by atoms with E-state index in [0.717, 1.165) is 0 Å². The van der Waals surface area contributed by atoms with Crippen LogP contribution in [-0.2, 0) is 0 Å². The van der Waals surface area contributed by atoms with Gasteiger partial charge in [-0.15, -0.1) is 0 Å². The predicted molar refractivity (Wildman–Crippen MR) is 37.9 cm³/mol. The molecule has 0 fully saturated rings. The van der Waals surface area contributed by atoms with Gasteiger partial charge in [0.2, 0.25) is 0 Å². The van der Waals surface area contributed by atoms with Gasteiger partial charge < -0.3 is 24.8 Å². The molecule has 0 nitrogen and oxygen atoms in total. The smallest absolute Gasteiger partial charge is 1.00 e. The number of hydrogen-bond acceptors (Lipinski definition) is 0.